The van der Waals surface area contributed by atoms with E-state index in [0.717, 1.165) is 36.7 Å². The number of hydrogen-bond donors (Lipinski definition) is 0. The lowest BCUT2D eigenvalue weighted by Crippen LogP contribution is -2.35. The van der Waals surface area contributed by atoms with Crippen LogP contribution in [0.2, 0.25) is 0 Å². The first-order valence-corrected chi connectivity index (χ1v) is 8.60. The van der Waals surface area contributed by atoms with Crippen molar-refractivity contribution in [3.63, 3.8) is 0 Å². The molecule has 0 aromatic carbocycles. The molecule has 0 amide bonds. The molecule has 2 fully saturated rings. The first-order valence-electron chi connectivity index (χ1n) is 8.60. The van der Waals surface area contributed by atoms with Crippen molar-refractivity contribution < 1.29 is 4.74 Å². The predicted molar refractivity (Wildman–Crippen MR) is 89.5 cm³/mol. The number of aromatic nitrogens is 4. The zero-order chi connectivity index (χ0) is 15.9. The van der Waals surface area contributed by atoms with Crippen LogP contribution < -0.4 is 4.90 Å². The minimum Gasteiger partial charge on any atom is -0.381 e. The number of nitrogens with zero attached hydrogens (tertiary/aromatic N) is 5. The summed E-state index contributed by atoms with van der Waals surface area (Å²) in [5.74, 6) is 1.60. The molecule has 0 radical (unpaired) electrons. The lowest BCUT2D eigenvalue weighted by molar-refractivity contribution is -0.00937. The Bertz CT molecular complexity index is 689. The Labute approximate surface area is 136 Å². The van der Waals surface area contributed by atoms with Crippen LogP contribution in [0, 0.1) is 11.3 Å². The summed E-state index contributed by atoms with van der Waals surface area (Å²) >= 11 is 0. The maximum atomic E-state index is 5.61. The van der Waals surface area contributed by atoms with Gasteiger partial charge in [0.05, 0.1) is 6.33 Å². The van der Waals surface area contributed by atoms with Gasteiger partial charge in [0.25, 0.3) is 0 Å². The first kappa shape index (κ1) is 14.9. The Morgan fingerprint density at radius 2 is 2.04 bits per heavy atom. The van der Waals surface area contributed by atoms with Crippen molar-refractivity contribution in [2.75, 3.05) is 32.2 Å². The average Bonchev–Trinajstić information content (AvgIpc) is 3.14. The molecule has 2 aromatic heterocycles. The summed E-state index contributed by atoms with van der Waals surface area (Å²) in [5.41, 5.74) is 2.33. The summed E-state index contributed by atoms with van der Waals surface area (Å²) < 4.78 is 7.84. The van der Waals surface area contributed by atoms with Crippen LogP contribution >= 0.6 is 0 Å². The second-order valence-electron chi connectivity index (χ2n) is 7.22. The van der Waals surface area contributed by atoms with Gasteiger partial charge in [0.2, 0.25) is 0 Å². The van der Waals surface area contributed by atoms with Gasteiger partial charge in [-0.25, -0.2) is 15.0 Å². The third-order valence-electron chi connectivity index (χ3n) is 5.80. The molecule has 6 nitrogen and oxygen atoms in total. The van der Waals surface area contributed by atoms with Crippen molar-refractivity contribution in [3.05, 3.63) is 12.7 Å². The molecule has 1 saturated heterocycles. The summed E-state index contributed by atoms with van der Waals surface area (Å²) in [6.07, 6.45) is 10.0. The molecule has 1 unspecified atom stereocenters. The van der Waals surface area contributed by atoms with E-state index in [1.807, 2.05) is 25.3 Å². The fourth-order valence-corrected chi connectivity index (χ4v) is 4.50. The maximum Gasteiger partial charge on any atom is 0.165 e. The topological polar surface area (TPSA) is 56.1 Å². The van der Waals surface area contributed by atoms with Gasteiger partial charge < -0.3 is 14.2 Å². The van der Waals surface area contributed by atoms with Gasteiger partial charge in [0.15, 0.2) is 17.0 Å². The van der Waals surface area contributed by atoms with Crippen molar-refractivity contribution in [2.24, 2.45) is 11.3 Å². The third-order valence-corrected chi connectivity index (χ3v) is 5.80. The highest BCUT2D eigenvalue weighted by molar-refractivity contribution is 5.82. The van der Waals surface area contributed by atoms with Gasteiger partial charge in [0, 0.05) is 33.9 Å². The Kier molecular flexibility index (Phi) is 3.71. The molecule has 1 saturated carbocycles. The van der Waals surface area contributed by atoms with Gasteiger partial charge in [-0.05, 0) is 37.0 Å². The van der Waals surface area contributed by atoms with Crippen molar-refractivity contribution >= 4 is 17.0 Å². The van der Waals surface area contributed by atoms with E-state index in [9.17, 15) is 0 Å². The summed E-state index contributed by atoms with van der Waals surface area (Å²) in [5, 5.41) is 0. The molecule has 1 atom stereocenters. The summed E-state index contributed by atoms with van der Waals surface area (Å²) in [7, 11) is 3.99. The molecule has 1 aliphatic heterocycles. The van der Waals surface area contributed by atoms with Gasteiger partial charge >= 0.3 is 0 Å². The second-order valence-corrected chi connectivity index (χ2v) is 7.22. The van der Waals surface area contributed by atoms with Gasteiger partial charge in [-0.2, -0.15) is 0 Å². The molecule has 6 heteroatoms. The van der Waals surface area contributed by atoms with E-state index in [1.165, 1.54) is 32.1 Å². The Morgan fingerprint density at radius 3 is 2.83 bits per heavy atom. The lowest BCUT2D eigenvalue weighted by Gasteiger charge is -2.39. The lowest BCUT2D eigenvalue weighted by atomic mass is 9.72. The van der Waals surface area contributed by atoms with E-state index in [0.29, 0.717) is 11.3 Å². The smallest absolute Gasteiger partial charge is 0.165 e. The first-order chi connectivity index (χ1) is 11.2. The van der Waals surface area contributed by atoms with Crippen LogP contribution in [0.3, 0.4) is 0 Å². The highest BCUT2D eigenvalue weighted by Gasteiger charge is 2.43. The molecular formula is C17H25N5O. The van der Waals surface area contributed by atoms with Crippen LogP contribution in [0.4, 0.5) is 5.82 Å². The van der Waals surface area contributed by atoms with E-state index in [-0.39, 0.29) is 0 Å². The number of hydrogen-bond acceptors (Lipinski definition) is 5. The van der Waals surface area contributed by atoms with Crippen LogP contribution in [0.15, 0.2) is 12.7 Å². The van der Waals surface area contributed by atoms with Crippen LogP contribution in [0.5, 0.6) is 0 Å². The van der Waals surface area contributed by atoms with Gasteiger partial charge in [0.1, 0.15) is 6.33 Å². The highest BCUT2D eigenvalue weighted by Crippen LogP contribution is 2.50. The zero-order valence-electron chi connectivity index (χ0n) is 14.0. The Hall–Kier alpha value is -1.69. The molecule has 2 aromatic rings. The number of imidazole rings is 1. The average molecular weight is 315 g/mol. The molecule has 3 heterocycles. The molecule has 2 aliphatic rings. The number of rotatable bonds is 3. The fourth-order valence-electron chi connectivity index (χ4n) is 4.50. The molecule has 23 heavy (non-hydrogen) atoms. The minimum absolute atomic E-state index is 0.478. The van der Waals surface area contributed by atoms with Crippen molar-refractivity contribution in [3.8, 4) is 0 Å². The highest BCUT2D eigenvalue weighted by atomic mass is 16.5. The predicted octanol–water partition coefficient (Wildman–Crippen LogP) is 2.49. The quantitative estimate of drug-likeness (QED) is 0.871. The number of fused-ring (bicyclic) bond motifs is 1. The maximum absolute atomic E-state index is 5.61. The number of ether oxygens (including phenoxy) is 1. The Morgan fingerprint density at radius 1 is 1.22 bits per heavy atom. The van der Waals surface area contributed by atoms with E-state index < -0.39 is 0 Å². The van der Waals surface area contributed by atoms with Crippen LogP contribution in [0.1, 0.15) is 32.1 Å². The summed E-state index contributed by atoms with van der Waals surface area (Å²) in [4.78, 5) is 15.4. The molecular weight excluding hydrogens is 290 g/mol. The zero-order valence-corrected chi connectivity index (χ0v) is 14.0. The largest absolute Gasteiger partial charge is 0.381 e. The van der Waals surface area contributed by atoms with Crippen LogP contribution in [-0.2, 0) is 11.3 Å². The molecule has 4 rings (SSSR count). The second kappa shape index (κ2) is 5.74. The van der Waals surface area contributed by atoms with Gasteiger partial charge in [-0.3, -0.25) is 0 Å². The molecule has 124 valence electrons. The monoisotopic (exact) mass is 315 g/mol. The Balaban J connectivity index is 1.64. The molecule has 0 N–H and O–H groups in total. The molecule has 1 spiro atoms. The van der Waals surface area contributed by atoms with E-state index in [2.05, 4.69) is 19.5 Å². The normalized spacial score (nSPS) is 23.7. The van der Waals surface area contributed by atoms with Crippen molar-refractivity contribution in [1.82, 2.24) is 19.5 Å². The van der Waals surface area contributed by atoms with E-state index in [1.54, 1.807) is 6.33 Å². The van der Waals surface area contributed by atoms with E-state index >= 15 is 0 Å². The summed E-state index contributed by atoms with van der Waals surface area (Å²) in [6.45, 7) is 2.86. The number of anilines is 1. The summed E-state index contributed by atoms with van der Waals surface area (Å²) in [6, 6.07) is 0. The molecule has 0 bridgehead atoms. The van der Waals surface area contributed by atoms with Gasteiger partial charge in [-0.15, -0.1) is 0 Å². The minimum atomic E-state index is 0.478. The fraction of sp³-hybridized carbons (Fsp3) is 0.706. The van der Waals surface area contributed by atoms with E-state index in [4.69, 9.17) is 4.74 Å². The van der Waals surface area contributed by atoms with Crippen molar-refractivity contribution in [2.45, 2.75) is 38.6 Å². The van der Waals surface area contributed by atoms with Crippen LogP contribution in [0.25, 0.3) is 11.2 Å². The molecule has 1 aliphatic carbocycles. The van der Waals surface area contributed by atoms with Crippen LogP contribution in [-0.4, -0.2) is 46.8 Å². The standard InChI is InChI=1S/C17H25N5O/c1-21(2)15-14-16(19-11-18-15)22(12-20-14)10-13-4-3-5-17(13)6-8-23-9-7-17/h11-13H,3-10H2,1-2H3. The van der Waals surface area contributed by atoms with Crippen molar-refractivity contribution in [1.29, 1.82) is 0 Å². The van der Waals surface area contributed by atoms with Gasteiger partial charge in [-0.1, -0.05) is 6.42 Å². The third kappa shape index (κ3) is 2.49. The SMILES string of the molecule is CN(C)c1ncnc2c1ncn2CC1CCCC12CCOCC2.